The summed E-state index contributed by atoms with van der Waals surface area (Å²) in [6, 6.07) is 0. The van der Waals surface area contributed by atoms with Crippen LogP contribution in [0, 0.1) is 16.5 Å². The van der Waals surface area contributed by atoms with Gasteiger partial charge in [0.15, 0.2) is 4.77 Å². The van der Waals surface area contributed by atoms with Gasteiger partial charge in [0.05, 0.1) is 18.9 Å². The molecule has 0 amide bonds. The molecule has 1 saturated heterocycles. The molecule has 0 spiro atoms. The van der Waals surface area contributed by atoms with Crippen LogP contribution in [-0.4, -0.2) is 38.6 Å². The maximum absolute atomic E-state index is 13.2. The second kappa shape index (κ2) is 4.88. The summed E-state index contributed by atoms with van der Waals surface area (Å²) in [6.45, 7) is 1.34. The van der Waals surface area contributed by atoms with Crippen molar-refractivity contribution in [3.05, 3.63) is 27.1 Å². The standard InChI is InChI=1S/C10H13FN2O4S/c1-4-7(15)6(3-14)17-9(4)13-2-5(11)8(16)12-10(13)18/h2,4,6-7,9,14-15H,3H2,1H3,(H,12,16,18)/t4-,6+,7?,9+/m0/s1. The molecule has 100 valence electrons. The van der Waals surface area contributed by atoms with Crippen molar-refractivity contribution in [2.75, 3.05) is 6.61 Å². The van der Waals surface area contributed by atoms with Gasteiger partial charge in [-0.2, -0.15) is 4.39 Å². The summed E-state index contributed by atoms with van der Waals surface area (Å²) >= 11 is 4.92. The lowest BCUT2D eigenvalue weighted by atomic mass is 10.0. The van der Waals surface area contributed by atoms with Crippen LogP contribution in [0.2, 0.25) is 0 Å². The highest BCUT2D eigenvalue weighted by Gasteiger charge is 2.41. The first-order chi connectivity index (χ1) is 8.45. The Bertz CT molecular complexity index is 558. The van der Waals surface area contributed by atoms with E-state index in [-0.39, 0.29) is 17.3 Å². The number of ether oxygens (including phenoxy) is 1. The SMILES string of the molecule is C[C@H]1C(O)[C@@H](CO)O[C@H]1n1cc(F)c(=O)[nH]c1=S. The fourth-order valence-electron chi connectivity index (χ4n) is 2.01. The Kier molecular flexibility index (Phi) is 3.62. The lowest BCUT2D eigenvalue weighted by Gasteiger charge is -2.18. The van der Waals surface area contributed by atoms with Gasteiger partial charge >= 0.3 is 0 Å². The molecule has 4 atom stereocenters. The zero-order chi connectivity index (χ0) is 13.4. The van der Waals surface area contributed by atoms with Crippen LogP contribution in [0.4, 0.5) is 4.39 Å². The molecular formula is C10H13FN2O4S. The second-order valence-electron chi connectivity index (χ2n) is 4.24. The van der Waals surface area contributed by atoms with E-state index in [1.54, 1.807) is 6.92 Å². The Hall–Kier alpha value is -1.09. The molecule has 0 radical (unpaired) electrons. The van der Waals surface area contributed by atoms with Crippen molar-refractivity contribution in [3.8, 4) is 0 Å². The van der Waals surface area contributed by atoms with Gasteiger partial charge in [0.25, 0.3) is 5.56 Å². The van der Waals surface area contributed by atoms with E-state index in [4.69, 9.17) is 22.1 Å². The number of hydrogen-bond acceptors (Lipinski definition) is 5. The first-order valence-corrected chi connectivity index (χ1v) is 5.82. The molecule has 2 rings (SSSR count). The van der Waals surface area contributed by atoms with Gasteiger partial charge in [-0.1, -0.05) is 6.92 Å². The molecule has 6 nitrogen and oxygen atoms in total. The van der Waals surface area contributed by atoms with Crippen molar-refractivity contribution in [3.63, 3.8) is 0 Å². The van der Waals surface area contributed by atoms with Crippen LogP contribution in [0.5, 0.6) is 0 Å². The van der Waals surface area contributed by atoms with Crippen LogP contribution in [0.25, 0.3) is 0 Å². The fraction of sp³-hybridized carbons (Fsp3) is 0.600. The predicted molar refractivity (Wildman–Crippen MR) is 62.0 cm³/mol. The first kappa shape index (κ1) is 13.3. The predicted octanol–water partition coefficient (Wildman–Crippen LogP) is -0.0683. The molecule has 2 heterocycles. The van der Waals surface area contributed by atoms with Crippen LogP contribution in [0.15, 0.2) is 11.0 Å². The number of rotatable bonds is 2. The average Bonchev–Trinajstić information content (AvgIpc) is 2.61. The Balaban J connectivity index is 2.42. The maximum Gasteiger partial charge on any atom is 0.287 e. The van der Waals surface area contributed by atoms with Gasteiger partial charge < -0.3 is 14.9 Å². The number of halogens is 1. The first-order valence-electron chi connectivity index (χ1n) is 5.41. The van der Waals surface area contributed by atoms with Gasteiger partial charge in [-0.25, -0.2) is 0 Å². The minimum Gasteiger partial charge on any atom is -0.394 e. The number of aromatic amines is 1. The average molecular weight is 276 g/mol. The number of aliphatic hydroxyl groups is 2. The molecule has 1 aliphatic rings. The lowest BCUT2D eigenvalue weighted by molar-refractivity contribution is -0.0473. The summed E-state index contributed by atoms with van der Waals surface area (Å²) < 4.78 is 19.9. The minimum absolute atomic E-state index is 0.00374. The quantitative estimate of drug-likeness (QED) is 0.658. The topological polar surface area (TPSA) is 87.5 Å². The number of H-pyrrole nitrogens is 1. The van der Waals surface area contributed by atoms with Gasteiger partial charge in [-0.3, -0.25) is 14.3 Å². The van der Waals surface area contributed by atoms with E-state index in [1.807, 2.05) is 0 Å². The van der Waals surface area contributed by atoms with Gasteiger partial charge in [-0.15, -0.1) is 0 Å². The van der Waals surface area contributed by atoms with E-state index in [2.05, 4.69) is 4.98 Å². The van der Waals surface area contributed by atoms with Crippen molar-refractivity contribution in [1.82, 2.24) is 9.55 Å². The lowest BCUT2D eigenvalue weighted by Crippen LogP contribution is -2.28. The van der Waals surface area contributed by atoms with Crippen LogP contribution >= 0.6 is 12.2 Å². The number of nitrogens with one attached hydrogen (secondary N) is 1. The molecule has 1 aliphatic heterocycles. The summed E-state index contributed by atoms with van der Waals surface area (Å²) in [5.74, 6) is -1.37. The number of aliphatic hydroxyl groups excluding tert-OH is 2. The van der Waals surface area contributed by atoms with Crippen LogP contribution in [-0.2, 0) is 4.74 Å². The molecule has 1 unspecified atom stereocenters. The summed E-state index contributed by atoms with van der Waals surface area (Å²) in [6.07, 6.45) is -1.41. The van der Waals surface area contributed by atoms with Crippen LogP contribution < -0.4 is 5.56 Å². The van der Waals surface area contributed by atoms with Crippen molar-refractivity contribution >= 4 is 12.2 Å². The van der Waals surface area contributed by atoms with E-state index in [9.17, 15) is 14.3 Å². The van der Waals surface area contributed by atoms with Crippen molar-refractivity contribution in [2.24, 2.45) is 5.92 Å². The molecule has 0 bridgehead atoms. The third-order valence-corrected chi connectivity index (χ3v) is 3.37. The van der Waals surface area contributed by atoms with E-state index in [1.165, 1.54) is 4.57 Å². The molecule has 8 heteroatoms. The van der Waals surface area contributed by atoms with Crippen molar-refractivity contribution in [1.29, 1.82) is 0 Å². The highest BCUT2D eigenvalue weighted by atomic mass is 32.1. The molecule has 0 aliphatic carbocycles. The largest absolute Gasteiger partial charge is 0.394 e. The van der Waals surface area contributed by atoms with Crippen molar-refractivity contribution < 1.29 is 19.3 Å². The fourth-order valence-corrected chi connectivity index (χ4v) is 2.26. The third-order valence-electron chi connectivity index (χ3n) is 3.06. The van der Waals surface area contributed by atoms with E-state index in [0.717, 1.165) is 6.20 Å². The summed E-state index contributed by atoms with van der Waals surface area (Å²) in [7, 11) is 0. The molecule has 1 fully saturated rings. The minimum atomic E-state index is -0.985. The van der Waals surface area contributed by atoms with E-state index < -0.39 is 29.8 Å². The summed E-state index contributed by atoms with van der Waals surface area (Å²) in [5, 5.41) is 18.8. The second-order valence-corrected chi connectivity index (χ2v) is 4.63. The number of hydrogen-bond donors (Lipinski definition) is 3. The monoisotopic (exact) mass is 276 g/mol. The number of nitrogens with zero attached hydrogens (tertiary/aromatic N) is 1. The Morgan fingerprint density at radius 1 is 1.67 bits per heavy atom. The molecule has 1 aromatic rings. The van der Waals surface area contributed by atoms with Gasteiger partial charge in [0.2, 0.25) is 5.82 Å². The Morgan fingerprint density at radius 2 is 2.33 bits per heavy atom. The number of aromatic nitrogens is 2. The Morgan fingerprint density at radius 3 is 2.89 bits per heavy atom. The maximum atomic E-state index is 13.2. The molecule has 18 heavy (non-hydrogen) atoms. The van der Waals surface area contributed by atoms with Crippen molar-refractivity contribution in [2.45, 2.75) is 25.4 Å². The van der Waals surface area contributed by atoms with E-state index in [0.29, 0.717) is 0 Å². The highest BCUT2D eigenvalue weighted by molar-refractivity contribution is 7.71. The molecule has 1 aromatic heterocycles. The molecular weight excluding hydrogens is 263 g/mol. The smallest absolute Gasteiger partial charge is 0.287 e. The zero-order valence-corrected chi connectivity index (χ0v) is 10.4. The van der Waals surface area contributed by atoms with Gasteiger partial charge in [0.1, 0.15) is 12.3 Å². The molecule has 0 saturated carbocycles. The Labute approximate surface area is 107 Å². The highest BCUT2D eigenvalue weighted by Crippen LogP contribution is 2.34. The van der Waals surface area contributed by atoms with Crippen LogP contribution in [0.3, 0.4) is 0 Å². The summed E-state index contributed by atoms with van der Waals surface area (Å²) in [5.41, 5.74) is -0.902. The molecule has 3 N–H and O–H groups in total. The van der Waals surface area contributed by atoms with Gasteiger partial charge in [-0.05, 0) is 12.2 Å². The molecule has 0 aromatic carbocycles. The summed E-state index contributed by atoms with van der Waals surface area (Å²) in [4.78, 5) is 13.2. The normalized spacial score (nSPS) is 31.8. The third kappa shape index (κ3) is 2.12. The van der Waals surface area contributed by atoms with Gasteiger partial charge in [0, 0.05) is 5.92 Å². The zero-order valence-electron chi connectivity index (χ0n) is 9.54. The van der Waals surface area contributed by atoms with E-state index >= 15 is 0 Å². The van der Waals surface area contributed by atoms with Crippen LogP contribution in [0.1, 0.15) is 13.2 Å².